The number of likely N-dealkylation sites (tertiary alicyclic amines) is 1. The molecule has 2 atom stereocenters. The molecule has 0 aromatic heterocycles. The zero-order valence-corrected chi connectivity index (χ0v) is 19.0. The Kier molecular flexibility index (Phi) is 9.01. The average molecular weight is 417 g/mol. The summed E-state index contributed by atoms with van der Waals surface area (Å²) in [5.41, 5.74) is 0.119. The molecule has 1 heterocycles. The van der Waals surface area contributed by atoms with E-state index >= 15 is 0 Å². The van der Waals surface area contributed by atoms with E-state index in [9.17, 15) is 4.79 Å². The van der Waals surface area contributed by atoms with Crippen molar-refractivity contribution >= 4 is 11.6 Å². The van der Waals surface area contributed by atoms with Crippen molar-refractivity contribution in [2.24, 2.45) is 5.92 Å². The number of carbonyl (C=O) groups excluding carboxylic acids is 1. The third-order valence-electron chi connectivity index (χ3n) is 6.44. The van der Waals surface area contributed by atoms with E-state index in [1.165, 1.54) is 45.2 Å². The predicted molar refractivity (Wildman–Crippen MR) is 122 cm³/mol. The van der Waals surface area contributed by atoms with Gasteiger partial charge in [-0.15, -0.1) is 0 Å². The molecule has 1 saturated heterocycles. The third-order valence-corrected chi connectivity index (χ3v) is 6.44. The molecule has 0 spiro atoms. The van der Waals surface area contributed by atoms with E-state index in [2.05, 4.69) is 24.1 Å². The van der Waals surface area contributed by atoms with Crippen molar-refractivity contribution in [3.63, 3.8) is 0 Å². The summed E-state index contributed by atoms with van der Waals surface area (Å²) in [7, 11) is 0. The number of hydrogen-bond acceptors (Lipinski definition) is 4. The van der Waals surface area contributed by atoms with Crippen LogP contribution in [0.15, 0.2) is 24.3 Å². The first-order chi connectivity index (χ1) is 14.6. The molecule has 0 radical (unpaired) electrons. The van der Waals surface area contributed by atoms with Gasteiger partial charge in [-0.1, -0.05) is 33.1 Å². The number of nitrogens with one attached hydrogen (secondary N) is 1. The smallest absolute Gasteiger partial charge is 0.256 e. The molecule has 2 aliphatic rings. The molecular weight excluding hydrogens is 376 g/mol. The molecule has 1 saturated carbocycles. The van der Waals surface area contributed by atoms with E-state index in [0.717, 1.165) is 43.7 Å². The van der Waals surface area contributed by atoms with Gasteiger partial charge in [-0.2, -0.15) is 0 Å². The molecule has 30 heavy (non-hydrogen) atoms. The summed E-state index contributed by atoms with van der Waals surface area (Å²) in [6, 6.07) is 7.75. The summed E-state index contributed by atoms with van der Waals surface area (Å²) >= 11 is 0. The zero-order chi connectivity index (χ0) is 21.2. The minimum Gasteiger partial charge on any atom is -0.492 e. The van der Waals surface area contributed by atoms with E-state index in [-0.39, 0.29) is 5.91 Å². The molecule has 5 heteroatoms. The summed E-state index contributed by atoms with van der Waals surface area (Å²) in [5, 5.41) is 3.10. The number of hydrogen-bond donors (Lipinski definition) is 1. The van der Waals surface area contributed by atoms with Gasteiger partial charge in [0.25, 0.3) is 5.91 Å². The van der Waals surface area contributed by atoms with E-state index < -0.39 is 5.60 Å². The second-order valence-electron chi connectivity index (χ2n) is 9.13. The van der Waals surface area contributed by atoms with Crippen molar-refractivity contribution in [2.75, 3.05) is 38.2 Å². The van der Waals surface area contributed by atoms with Crippen molar-refractivity contribution in [1.29, 1.82) is 0 Å². The first-order valence-corrected chi connectivity index (χ1v) is 12.0. The molecule has 3 rings (SSSR count). The Labute approximate surface area is 182 Å². The Morgan fingerprint density at radius 2 is 1.83 bits per heavy atom. The van der Waals surface area contributed by atoms with Crippen LogP contribution in [-0.4, -0.2) is 49.3 Å². The van der Waals surface area contributed by atoms with Gasteiger partial charge >= 0.3 is 0 Å². The standard InChI is InChI=1S/C25H40N2O3/c1-3-18-30-25(14-8-9-21(2)20-25)24(28)26-22-10-12-23(13-11-22)29-19-17-27-15-6-4-5-7-16-27/h10-13,21H,3-9,14-20H2,1-2H3,(H,26,28)/t21-,25+/m1/s1. The summed E-state index contributed by atoms with van der Waals surface area (Å²) in [5.74, 6) is 1.37. The van der Waals surface area contributed by atoms with Gasteiger partial charge in [0.15, 0.2) is 0 Å². The van der Waals surface area contributed by atoms with Gasteiger partial charge in [-0.3, -0.25) is 9.69 Å². The van der Waals surface area contributed by atoms with E-state index in [1.54, 1.807) is 0 Å². The average Bonchev–Trinajstić information content (AvgIpc) is 3.02. The highest BCUT2D eigenvalue weighted by atomic mass is 16.5. The number of rotatable bonds is 9. The molecule has 0 bridgehead atoms. The summed E-state index contributed by atoms with van der Waals surface area (Å²) in [4.78, 5) is 15.6. The van der Waals surface area contributed by atoms with Crippen LogP contribution in [-0.2, 0) is 9.53 Å². The minimum atomic E-state index is -0.685. The number of anilines is 1. The van der Waals surface area contributed by atoms with Crippen molar-refractivity contribution in [1.82, 2.24) is 4.90 Å². The maximum atomic E-state index is 13.1. The normalized spacial score (nSPS) is 25.5. The maximum Gasteiger partial charge on any atom is 0.256 e. The second-order valence-corrected chi connectivity index (χ2v) is 9.13. The van der Waals surface area contributed by atoms with E-state index in [4.69, 9.17) is 9.47 Å². The van der Waals surface area contributed by atoms with Gasteiger partial charge in [-0.25, -0.2) is 0 Å². The van der Waals surface area contributed by atoms with Crippen LogP contribution in [0.1, 0.15) is 71.6 Å². The van der Waals surface area contributed by atoms with Crippen LogP contribution in [0.4, 0.5) is 5.69 Å². The van der Waals surface area contributed by atoms with Gasteiger partial charge in [-0.05, 0) is 81.8 Å². The van der Waals surface area contributed by atoms with Crippen LogP contribution in [0.25, 0.3) is 0 Å². The number of amides is 1. The molecule has 168 valence electrons. The lowest BCUT2D eigenvalue weighted by Crippen LogP contribution is -2.48. The van der Waals surface area contributed by atoms with Gasteiger partial charge in [0, 0.05) is 18.8 Å². The molecule has 1 N–H and O–H groups in total. The van der Waals surface area contributed by atoms with Crippen LogP contribution in [0.2, 0.25) is 0 Å². The number of benzene rings is 1. The number of ether oxygens (including phenoxy) is 2. The van der Waals surface area contributed by atoms with E-state index in [1.807, 2.05) is 24.3 Å². The molecule has 2 fully saturated rings. The van der Waals surface area contributed by atoms with Crippen molar-refractivity contribution in [3.8, 4) is 5.75 Å². The Balaban J connectivity index is 1.50. The molecule has 1 aliphatic carbocycles. The fraction of sp³-hybridized carbons (Fsp3) is 0.720. The third kappa shape index (κ3) is 6.71. The second kappa shape index (κ2) is 11.7. The molecular formula is C25H40N2O3. The van der Waals surface area contributed by atoms with Crippen LogP contribution in [0.5, 0.6) is 5.75 Å². The first kappa shape index (κ1) is 23.1. The van der Waals surface area contributed by atoms with Crippen LogP contribution in [0.3, 0.4) is 0 Å². The van der Waals surface area contributed by atoms with Gasteiger partial charge < -0.3 is 14.8 Å². The first-order valence-electron chi connectivity index (χ1n) is 12.0. The predicted octanol–water partition coefficient (Wildman–Crippen LogP) is 5.26. The van der Waals surface area contributed by atoms with Crippen molar-refractivity contribution < 1.29 is 14.3 Å². The summed E-state index contributed by atoms with van der Waals surface area (Å²) in [6.07, 6.45) is 10.1. The Morgan fingerprint density at radius 1 is 1.10 bits per heavy atom. The van der Waals surface area contributed by atoms with E-state index in [0.29, 0.717) is 19.1 Å². The summed E-state index contributed by atoms with van der Waals surface area (Å²) < 4.78 is 12.1. The summed E-state index contributed by atoms with van der Waals surface area (Å²) in [6.45, 7) is 9.00. The highest BCUT2D eigenvalue weighted by Crippen LogP contribution is 2.36. The van der Waals surface area contributed by atoms with Gasteiger partial charge in [0.05, 0.1) is 0 Å². The lowest BCUT2D eigenvalue weighted by atomic mass is 9.78. The van der Waals surface area contributed by atoms with Crippen molar-refractivity contribution in [3.05, 3.63) is 24.3 Å². The van der Waals surface area contributed by atoms with Gasteiger partial charge in [0.2, 0.25) is 0 Å². The number of nitrogens with zero attached hydrogens (tertiary/aromatic N) is 1. The SMILES string of the molecule is CCCO[C@@]1(C(=O)Nc2ccc(OCCN3CCCCCC3)cc2)CCC[C@@H](C)C1. The minimum absolute atomic E-state index is 0.00247. The van der Waals surface area contributed by atoms with Crippen LogP contribution < -0.4 is 10.1 Å². The van der Waals surface area contributed by atoms with Crippen molar-refractivity contribution in [2.45, 2.75) is 77.2 Å². The maximum absolute atomic E-state index is 13.1. The Hall–Kier alpha value is -1.59. The molecule has 1 aromatic carbocycles. The lowest BCUT2D eigenvalue weighted by molar-refractivity contribution is -0.148. The molecule has 5 nitrogen and oxygen atoms in total. The highest BCUT2D eigenvalue weighted by molar-refractivity contribution is 5.97. The quantitative estimate of drug-likeness (QED) is 0.597. The Bertz CT molecular complexity index is 640. The fourth-order valence-electron chi connectivity index (χ4n) is 4.74. The molecule has 1 amide bonds. The molecule has 1 aliphatic heterocycles. The van der Waals surface area contributed by atoms with Crippen LogP contribution >= 0.6 is 0 Å². The molecule has 1 aromatic rings. The van der Waals surface area contributed by atoms with Gasteiger partial charge in [0.1, 0.15) is 18.0 Å². The Morgan fingerprint density at radius 3 is 2.50 bits per heavy atom. The zero-order valence-electron chi connectivity index (χ0n) is 19.0. The fourth-order valence-corrected chi connectivity index (χ4v) is 4.74. The monoisotopic (exact) mass is 416 g/mol. The van der Waals surface area contributed by atoms with Crippen LogP contribution in [0, 0.1) is 5.92 Å². The lowest BCUT2D eigenvalue weighted by Gasteiger charge is -2.38. The highest BCUT2D eigenvalue weighted by Gasteiger charge is 2.42. The largest absolute Gasteiger partial charge is 0.492 e. The topological polar surface area (TPSA) is 50.8 Å². The number of carbonyl (C=O) groups is 1. The molecule has 0 unspecified atom stereocenters.